The molecule has 2 aromatic rings. The van der Waals surface area contributed by atoms with E-state index in [2.05, 4.69) is 10.0 Å². The van der Waals surface area contributed by atoms with E-state index in [9.17, 15) is 13.2 Å². The molecule has 0 spiro atoms. The molecule has 0 heterocycles. The molecule has 0 bridgehead atoms. The monoisotopic (exact) mass is 400 g/mol. The Hall–Kier alpha value is -1.60. The van der Waals surface area contributed by atoms with Crippen LogP contribution < -0.4 is 10.0 Å². The van der Waals surface area contributed by atoms with Gasteiger partial charge in [-0.05, 0) is 37.6 Å². The molecule has 2 aromatic carbocycles. The molecule has 134 valence electrons. The molecule has 0 radical (unpaired) electrons. The number of nitrogens with one attached hydrogen (secondary N) is 2. The molecule has 0 fully saturated rings. The Morgan fingerprint density at radius 1 is 1.12 bits per heavy atom. The zero-order valence-corrected chi connectivity index (χ0v) is 16.0. The van der Waals surface area contributed by atoms with Gasteiger partial charge >= 0.3 is 0 Å². The number of carbonyl (C=O) groups is 1. The number of hydrogen-bond donors (Lipinski definition) is 2. The highest BCUT2D eigenvalue weighted by Gasteiger charge is 2.24. The minimum absolute atomic E-state index is 0.0316. The molecule has 0 aliphatic rings. The molecule has 0 aromatic heterocycles. The van der Waals surface area contributed by atoms with Crippen LogP contribution in [-0.2, 0) is 21.4 Å². The summed E-state index contributed by atoms with van der Waals surface area (Å²) in [5.41, 5.74) is 2.04. The number of sulfonamides is 1. The Balaban J connectivity index is 2.02. The number of halogens is 2. The fourth-order valence-corrected chi connectivity index (χ4v) is 4.05. The quantitative estimate of drug-likeness (QED) is 0.780. The second-order valence-electron chi connectivity index (χ2n) is 5.62. The molecule has 2 rings (SSSR count). The molecule has 2 N–H and O–H groups in total. The lowest BCUT2D eigenvalue weighted by atomic mass is 10.1. The van der Waals surface area contributed by atoms with Crippen LogP contribution >= 0.6 is 23.2 Å². The molecule has 0 saturated carbocycles. The zero-order chi connectivity index (χ0) is 18.6. The number of benzene rings is 2. The average molecular weight is 401 g/mol. The Morgan fingerprint density at radius 2 is 1.76 bits per heavy atom. The van der Waals surface area contributed by atoms with Crippen LogP contribution in [0.5, 0.6) is 0 Å². The van der Waals surface area contributed by atoms with Crippen LogP contribution in [0.4, 0.5) is 0 Å². The van der Waals surface area contributed by atoms with Gasteiger partial charge < -0.3 is 5.32 Å². The number of carbonyl (C=O) groups excluding carboxylic acids is 1. The van der Waals surface area contributed by atoms with Crippen molar-refractivity contribution in [1.82, 2.24) is 10.0 Å². The first kappa shape index (κ1) is 19.7. The van der Waals surface area contributed by atoms with Gasteiger partial charge in [-0.2, -0.15) is 4.72 Å². The van der Waals surface area contributed by atoms with Gasteiger partial charge in [0.15, 0.2) is 0 Å². The Labute approximate surface area is 157 Å². The highest BCUT2D eigenvalue weighted by Crippen LogP contribution is 2.24. The first-order valence-corrected chi connectivity index (χ1v) is 9.73. The maximum absolute atomic E-state index is 12.4. The van der Waals surface area contributed by atoms with Crippen molar-refractivity contribution in [3.8, 4) is 0 Å². The molecular weight excluding hydrogens is 383 g/mol. The van der Waals surface area contributed by atoms with Gasteiger partial charge in [-0.15, -0.1) is 0 Å². The molecule has 5 nitrogen and oxygen atoms in total. The third-order valence-corrected chi connectivity index (χ3v) is 5.75. The van der Waals surface area contributed by atoms with Gasteiger partial charge in [0.25, 0.3) is 0 Å². The van der Waals surface area contributed by atoms with Crippen LogP contribution in [0.25, 0.3) is 0 Å². The van der Waals surface area contributed by atoms with Crippen molar-refractivity contribution in [3.63, 3.8) is 0 Å². The lowest BCUT2D eigenvalue weighted by Crippen LogP contribution is -2.44. The van der Waals surface area contributed by atoms with Crippen LogP contribution in [-0.4, -0.2) is 20.4 Å². The number of rotatable bonds is 6. The summed E-state index contributed by atoms with van der Waals surface area (Å²) in [6, 6.07) is 10.8. The molecule has 0 aliphatic carbocycles. The molecular formula is C17H18Cl2N2O3S. The maximum atomic E-state index is 12.4. The fraction of sp³-hybridized carbons (Fsp3) is 0.235. The standard InChI is InChI=1S/C17H18Cl2N2O3S/c1-11-3-5-13(6-4-11)10-20-17(22)12(2)21-25(23,24)16-9-14(18)7-8-15(16)19/h3-9,12,21H,10H2,1-2H3,(H,20,22)/t12-/m0/s1. The Kier molecular flexibility index (Phi) is 6.46. The van der Waals surface area contributed by atoms with Gasteiger partial charge in [-0.3, -0.25) is 4.79 Å². The summed E-state index contributed by atoms with van der Waals surface area (Å²) in [6.45, 7) is 3.74. The lowest BCUT2D eigenvalue weighted by Gasteiger charge is -2.15. The summed E-state index contributed by atoms with van der Waals surface area (Å²) >= 11 is 11.7. The summed E-state index contributed by atoms with van der Waals surface area (Å²) in [6.07, 6.45) is 0. The van der Waals surface area contributed by atoms with Crippen LogP contribution in [0.2, 0.25) is 10.0 Å². The van der Waals surface area contributed by atoms with Crippen molar-refractivity contribution >= 4 is 39.1 Å². The van der Waals surface area contributed by atoms with Gasteiger partial charge in [-0.25, -0.2) is 8.42 Å². The van der Waals surface area contributed by atoms with Crippen molar-refractivity contribution < 1.29 is 13.2 Å². The number of aryl methyl sites for hydroxylation is 1. The van der Waals surface area contributed by atoms with Crippen molar-refractivity contribution in [3.05, 3.63) is 63.6 Å². The molecule has 25 heavy (non-hydrogen) atoms. The van der Waals surface area contributed by atoms with Gasteiger partial charge in [0.1, 0.15) is 4.90 Å². The van der Waals surface area contributed by atoms with Crippen molar-refractivity contribution in [1.29, 1.82) is 0 Å². The highest BCUT2D eigenvalue weighted by molar-refractivity contribution is 7.89. The predicted octanol–water partition coefficient (Wildman–Crippen LogP) is 3.29. The van der Waals surface area contributed by atoms with Crippen molar-refractivity contribution in [2.24, 2.45) is 0 Å². The topological polar surface area (TPSA) is 75.3 Å². The average Bonchev–Trinajstić information content (AvgIpc) is 2.55. The number of hydrogen-bond acceptors (Lipinski definition) is 3. The first-order valence-electron chi connectivity index (χ1n) is 7.49. The van der Waals surface area contributed by atoms with E-state index in [-0.39, 0.29) is 14.9 Å². The summed E-state index contributed by atoms with van der Waals surface area (Å²) in [7, 11) is -3.97. The SMILES string of the molecule is Cc1ccc(CNC(=O)[C@H](C)NS(=O)(=O)c2cc(Cl)ccc2Cl)cc1. The summed E-state index contributed by atoms with van der Waals surface area (Å²) in [4.78, 5) is 12.0. The van der Waals surface area contributed by atoms with E-state index in [0.717, 1.165) is 11.1 Å². The Bertz CT molecular complexity index is 868. The van der Waals surface area contributed by atoms with Crippen LogP contribution in [0.15, 0.2) is 47.4 Å². The minimum atomic E-state index is -3.97. The van der Waals surface area contributed by atoms with E-state index in [1.165, 1.54) is 25.1 Å². The van der Waals surface area contributed by atoms with E-state index in [0.29, 0.717) is 6.54 Å². The highest BCUT2D eigenvalue weighted by atomic mass is 35.5. The van der Waals surface area contributed by atoms with Crippen molar-refractivity contribution in [2.45, 2.75) is 31.3 Å². The first-order chi connectivity index (χ1) is 11.7. The number of amides is 1. The second kappa shape index (κ2) is 8.19. The molecule has 8 heteroatoms. The predicted molar refractivity (Wildman–Crippen MR) is 99.3 cm³/mol. The van der Waals surface area contributed by atoms with Crippen LogP contribution in [0.3, 0.4) is 0 Å². The minimum Gasteiger partial charge on any atom is -0.351 e. The summed E-state index contributed by atoms with van der Waals surface area (Å²) in [5.74, 6) is -0.442. The van der Waals surface area contributed by atoms with E-state index < -0.39 is 22.0 Å². The van der Waals surface area contributed by atoms with E-state index in [1.54, 1.807) is 0 Å². The summed E-state index contributed by atoms with van der Waals surface area (Å²) in [5, 5.41) is 2.96. The zero-order valence-electron chi connectivity index (χ0n) is 13.7. The maximum Gasteiger partial charge on any atom is 0.242 e. The Morgan fingerprint density at radius 3 is 2.40 bits per heavy atom. The third-order valence-electron chi connectivity index (χ3n) is 3.50. The second-order valence-corrected chi connectivity index (χ2v) is 8.15. The molecule has 0 aliphatic heterocycles. The van der Waals surface area contributed by atoms with Gasteiger partial charge in [0.2, 0.25) is 15.9 Å². The largest absolute Gasteiger partial charge is 0.351 e. The molecule has 0 saturated heterocycles. The lowest BCUT2D eigenvalue weighted by molar-refractivity contribution is -0.122. The van der Waals surface area contributed by atoms with E-state index >= 15 is 0 Å². The molecule has 0 unspecified atom stereocenters. The van der Waals surface area contributed by atoms with Gasteiger partial charge in [0.05, 0.1) is 11.1 Å². The van der Waals surface area contributed by atoms with Crippen molar-refractivity contribution in [2.75, 3.05) is 0 Å². The summed E-state index contributed by atoms with van der Waals surface area (Å²) < 4.78 is 27.1. The van der Waals surface area contributed by atoms with Gasteiger partial charge in [0, 0.05) is 11.6 Å². The van der Waals surface area contributed by atoms with E-state index in [1.807, 2.05) is 31.2 Å². The van der Waals surface area contributed by atoms with Gasteiger partial charge in [-0.1, -0.05) is 53.0 Å². The normalized spacial score (nSPS) is 12.6. The third kappa shape index (κ3) is 5.44. The van der Waals surface area contributed by atoms with E-state index in [4.69, 9.17) is 23.2 Å². The molecule has 1 atom stereocenters. The molecule has 1 amide bonds. The van der Waals surface area contributed by atoms with Crippen LogP contribution in [0.1, 0.15) is 18.1 Å². The van der Waals surface area contributed by atoms with Crippen LogP contribution in [0, 0.1) is 6.92 Å². The fourth-order valence-electron chi connectivity index (χ4n) is 2.08. The smallest absolute Gasteiger partial charge is 0.242 e.